The van der Waals surface area contributed by atoms with Crippen molar-refractivity contribution in [1.29, 1.82) is 0 Å². The van der Waals surface area contributed by atoms with Gasteiger partial charge in [0.05, 0.1) is 0 Å². The molecule has 0 unspecified atom stereocenters. The Hall–Kier alpha value is -2.23. The minimum atomic E-state index is -0.162. The zero-order valence-electron chi connectivity index (χ0n) is 11.2. The first-order valence-corrected chi connectivity index (χ1v) is 6.24. The normalized spacial score (nSPS) is 11.3. The molecule has 0 saturated carbocycles. The number of phenols is 2. The van der Waals surface area contributed by atoms with Crippen LogP contribution >= 0.6 is 0 Å². The number of hydrogen-bond acceptors (Lipinski definition) is 3. The Kier molecular flexibility index (Phi) is 5.67. The van der Waals surface area contributed by atoms with Crippen LogP contribution in [0.15, 0.2) is 36.4 Å². The minimum Gasteiger partial charge on any atom is -0.504 e. The van der Waals surface area contributed by atoms with Crippen molar-refractivity contribution in [3.05, 3.63) is 42.0 Å². The van der Waals surface area contributed by atoms with E-state index < -0.39 is 0 Å². The second-order valence-electron chi connectivity index (χ2n) is 3.98. The summed E-state index contributed by atoms with van der Waals surface area (Å²) >= 11 is 0. The van der Waals surface area contributed by atoms with E-state index in [-0.39, 0.29) is 17.4 Å². The summed E-state index contributed by atoms with van der Waals surface area (Å²) in [6.45, 7) is 5.25. The van der Waals surface area contributed by atoms with Gasteiger partial charge in [-0.2, -0.15) is 0 Å². The SMILES string of the molecule is CCN(CC)C(=O)/C=C/C=C/c1ccc(O)c(O)c1. The Balaban J connectivity index is 2.62. The Labute approximate surface area is 113 Å². The predicted octanol–water partition coefficient (Wildman–Crippen LogP) is 2.54. The zero-order chi connectivity index (χ0) is 14.3. The highest BCUT2D eigenvalue weighted by atomic mass is 16.3. The number of rotatable bonds is 5. The second kappa shape index (κ2) is 7.26. The van der Waals surface area contributed by atoms with Gasteiger partial charge in [0, 0.05) is 19.2 Å². The molecule has 0 fully saturated rings. The minimum absolute atomic E-state index is 0.0248. The van der Waals surface area contributed by atoms with Gasteiger partial charge in [-0.1, -0.05) is 24.3 Å². The van der Waals surface area contributed by atoms with E-state index in [1.807, 2.05) is 13.8 Å². The molecular formula is C15H19NO3. The molecule has 4 heteroatoms. The topological polar surface area (TPSA) is 60.8 Å². The quantitative estimate of drug-likeness (QED) is 0.486. The van der Waals surface area contributed by atoms with Gasteiger partial charge in [-0.05, 0) is 31.5 Å². The van der Waals surface area contributed by atoms with Crippen LogP contribution in [-0.2, 0) is 4.79 Å². The van der Waals surface area contributed by atoms with E-state index in [4.69, 9.17) is 5.11 Å². The van der Waals surface area contributed by atoms with E-state index in [1.54, 1.807) is 29.2 Å². The number of carbonyl (C=O) groups is 1. The maximum atomic E-state index is 11.6. The average molecular weight is 261 g/mol. The Bertz CT molecular complexity index is 488. The number of phenolic OH excluding ortho intramolecular Hbond substituents is 2. The molecule has 0 aliphatic carbocycles. The van der Waals surface area contributed by atoms with Crippen LogP contribution in [0.2, 0.25) is 0 Å². The van der Waals surface area contributed by atoms with Crippen LogP contribution in [0.1, 0.15) is 19.4 Å². The van der Waals surface area contributed by atoms with Gasteiger partial charge in [0.25, 0.3) is 0 Å². The van der Waals surface area contributed by atoms with Crippen molar-refractivity contribution in [2.75, 3.05) is 13.1 Å². The third-order valence-corrected chi connectivity index (χ3v) is 2.71. The number of amides is 1. The second-order valence-corrected chi connectivity index (χ2v) is 3.98. The molecule has 4 nitrogen and oxygen atoms in total. The molecule has 0 spiro atoms. The van der Waals surface area contributed by atoms with E-state index in [0.29, 0.717) is 13.1 Å². The molecule has 0 atom stereocenters. The van der Waals surface area contributed by atoms with Gasteiger partial charge in [-0.3, -0.25) is 4.79 Å². The van der Waals surface area contributed by atoms with Crippen molar-refractivity contribution in [3.63, 3.8) is 0 Å². The fraction of sp³-hybridized carbons (Fsp3) is 0.267. The fourth-order valence-corrected chi connectivity index (χ4v) is 1.59. The lowest BCUT2D eigenvalue weighted by Gasteiger charge is -2.15. The molecule has 0 bridgehead atoms. The van der Waals surface area contributed by atoms with Gasteiger partial charge in [0.1, 0.15) is 0 Å². The van der Waals surface area contributed by atoms with Crippen molar-refractivity contribution >= 4 is 12.0 Å². The number of carbonyl (C=O) groups excluding carboxylic acids is 1. The van der Waals surface area contributed by atoms with Crippen molar-refractivity contribution in [1.82, 2.24) is 4.90 Å². The molecule has 0 heterocycles. The van der Waals surface area contributed by atoms with Crippen molar-refractivity contribution in [2.45, 2.75) is 13.8 Å². The summed E-state index contributed by atoms with van der Waals surface area (Å²) in [5, 5.41) is 18.5. The number of allylic oxidation sites excluding steroid dienone is 2. The molecule has 1 aromatic rings. The molecule has 0 aliphatic heterocycles. The van der Waals surface area contributed by atoms with Gasteiger partial charge in [-0.15, -0.1) is 0 Å². The third-order valence-electron chi connectivity index (χ3n) is 2.71. The van der Waals surface area contributed by atoms with E-state index in [9.17, 15) is 9.90 Å². The molecule has 1 amide bonds. The summed E-state index contributed by atoms with van der Waals surface area (Å²) in [5.74, 6) is -0.335. The monoisotopic (exact) mass is 261 g/mol. The van der Waals surface area contributed by atoms with Crippen LogP contribution < -0.4 is 0 Å². The molecule has 0 aliphatic rings. The van der Waals surface area contributed by atoms with E-state index in [1.165, 1.54) is 18.2 Å². The largest absolute Gasteiger partial charge is 0.504 e. The molecule has 0 radical (unpaired) electrons. The van der Waals surface area contributed by atoms with Crippen molar-refractivity contribution < 1.29 is 15.0 Å². The first kappa shape index (κ1) is 14.8. The maximum Gasteiger partial charge on any atom is 0.246 e. The summed E-state index contributed by atoms with van der Waals surface area (Å²) in [4.78, 5) is 13.4. The zero-order valence-corrected chi connectivity index (χ0v) is 11.2. The highest BCUT2D eigenvalue weighted by Gasteiger charge is 2.03. The molecule has 0 aromatic heterocycles. The van der Waals surface area contributed by atoms with E-state index >= 15 is 0 Å². The summed E-state index contributed by atoms with van der Waals surface area (Å²) in [7, 11) is 0. The summed E-state index contributed by atoms with van der Waals surface area (Å²) in [6.07, 6.45) is 6.62. The Morgan fingerprint density at radius 2 is 1.84 bits per heavy atom. The van der Waals surface area contributed by atoms with Crippen LogP contribution in [0.25, 0.3) is 6.08 Å². The van der Waals surface area contributed by atoms with Crippen molar-refractivity contribution in [3.8, 4) is 11.5 Å². The first-order valence-electron chi connectivity index (χ1n) is 6.24. The highest BCUT2D eigenvalue weighted by Crippen LogP contribution is 2.25. The molecule has 19 heavy (non-hydrogen) atoms. The lowest BCUT2D eigenvalue weighted by molar-refractivity contribution is -0.125. The Morgan fingerprint density at radius 3 is 2.42 bits per heavy atom. The maximum absolute atomic E-state index is 11.6. The summed E-state index contributed by atoms with van der Waals surface area (Å²) in [5.41, 5.74) is 0.746. The fourth-order valence-electron chi connectivity index (χ4n) is 1.59. The third kappa shape index (κ3) is 4.50. The highest BCUT2D eigenvalue weighted by molar-refractivity contribution is 5.88. The smallest absolute Gasteiger partial charge is 0.246 e. The predicted molar refractivity (Wildman–Crippen MR) is 75.9 cm³/mol. The molecule has 0 saturated heterocycles. The standard InChI is InChI=1S/C15H19NO3/c1-3-16(4-2)15(19)8-6-5-7-12-9-10-13(17)14(18)11-12/h5-11,17-18H,3-4H2,1-2H3/b7-5+,8-6+. The van der Waals surface area contributed by atoms with E-state index in [2.05, 4.69) is 0 Å². The summed E-state index contributed by atoms with van der Waals surface area (Å²) in [6, 6.07) is 4.54. The lowest BCUT2D eigenvalue weighted by atomic mass is 10.2. The van der Waals surface area contributed by atoms with Crippen LogP contribution in [0.5, 0.6) is 11.5 Å². The molecule has 1 rings (SSSR count). The van der Waals surface area contributed by atoms with E-state index in [0.717, 1.165) is 5.56 Å². The van der Waals surface area contributed by atoms with Crippen LogP contribution in [-0.4, -0.2) is 34.1 Å². The van der Waals surface area contributed by atoms with Gasteiger partial charge >= 0.3 is 0 Å². The van der Waals surface area contributed by atoms with Crippen molar-refractivity contribution in [2.24, 2.45) is 0 Å². The molecule has 2 N–H and O–H groups in total. The first-order chi connectivity index (χ1) is 9.08. The van der Waals surface area contributed by atoms with Gasteiger partial charge in [0.15, 0.2) is 11.5 Å². The number of nitrogens with zero attached hydrogens (tertiary/aromatic N) is 1. The number of hydrogen-bond donors (Lipinski definition) is 2. The molecule has 102 valence electrons. The average Bonchev–Trinajstić information content (AvgIpc) is 2.40. The van der Waals surface area contributed by atoms with Gasteiger partial charge in [0.2, 0.25) is 5.91 Å². The molecule has 1 aromatic carbocycles. The van der Waals surface area contributed by atoms with Crippen LogP contribution in [0.3, 0.4) is 0 Å². The van der Waals surface area contributed by atoms with Crippen LogP contribution in [0, 0.1) is 0 Å². The lowest BCUT2D eigenvalue weighted by Crippen LogP contribution is -2.28. The molecular weight excluding hydrogens is 242 g/mol. The Morgan fingerprint density at radius 1 is 1.16 bits per heavy atom. The number of benzene rings is 1. The van der Waals surface area contributed by atoms with Gasteiger partial charge < -0.3 is 15.1 Å². The number of aromatic hydroxyl groups is 2. The van der Waals surface area contributed by atoms with Gasteiger partial charge in [-0.25, -0.2) is 0 Å². The number of likely N-dealkylation sites (N-methyl/N-ethyl adjacent to an activating group) is 1. The summed E-state index contributed by atoms with van der Waals surface area (Å²) < 4.78 is 0. The van der Waals surface area contributed by atoms with Crippen LogP contribution in [0.4, 0.5) is 0 Å².